The van der Waals surface area contributed by atoms with Crippen LogP contribution in [-0.2, 0) is 52.6 Å². The maximum absolute atomic E-state index is 14.1. The first-order valence-corrected chi connectivity index (χ1v) is 31.9. The smallest absolute Gasteiger partial charge is 0.325 e. The zero-order valence-corrected chi connectivity index (χ0v) is 52.7. The van der Waals surface area contributed by atoms with Gasteiger partial charge in [-0.2, -0.15) is 0 Å². The van der Waals surface area contributed by atoms with Crippen LogP contribution in [0.5, 0.6) is 0 Å². The summed E-state index contributed by atoms with van der Waals surface area (Å²) in [6.07, 6.45) is 12.0. The molecule has 90 heavy (non-hydrogen) atoms. The van der Waals surface area contributed by atoms with Gasteiger partial charge in [0, 0.05) is 24.2 Å². The number of Topliss-reactive ketones (excluding diaryl/α,β-unsaturated/α-hetero) is 1. The molecule has 2 heterocycles. The van der Waals surface area contributed by atoms with E-state index in [0.717, 1.165) is 92.9 Å². The topological polar surface area (TPSA) is 305 Å². The van der Waals surface area contributed by atoms with Crippen molar-refractivity contribution in [2.75, 3.05) is 40.4 Å². The number of fused-ring (bicyclic) bond motifs is 2. The van der Waals surface area contributed by atoms with Gasteiger partial charge in [0.05, 0.1) is 26.3 Å². The lowest BCUT2D eigenvalue weighted by Crippen LogP contribution is -2.58. The molecule has 3 unspecified atom stereocenters. The fraction of sp³-hybridized carbons (Fsp3) is 0.544. The number of aliphatic hydroxyl groups excluding tert-OH is 1. The van der Waals surface area contributed by atoms with Gasteiger partial charge < -0.3 is 56.3 Å². The first-order chi connectivity index (χ1) is 43.2. The number of hydrogen-bond donors (Lipinski definition) is 7. The van der Waals surface area contributed by atoms with Gasteiger partial charge in [0.2, 0.25) is 29.4 Å². The number of hydrogen-bond acceptors (Lipinski definition) is 14. The van der Waals surface area contributed by atoms with Crippen LogP contribution in [0.25, 0.3) is 21.5 Å². The second kappa shape index (κ2) is 33.5. The average Bonchev–Trinajstić information content (AvgIpc) is 1.90. The van der Waals surface area contributed by atoms with Crippen LogP contribution < -0.4 is 31.9 Å². The second-order valence-electron chi connectivity index (χ2n) is 24.9. The highest BCUT2D eigenvalue weighted by Gasteiger charge is 2.43. The van der Waals surface area contributed by atoms with Gasteiger partial charge in [-0.15, -0.1) is 0 Å². The maximum Gasteiger partial charge on any atom is 0.325 e. The number of benzene rings is 4. The third kappa shape index (κ3) is 18.9. The van der Waals surface area contributed by atoms with Gasteiger partial charge in [-0.05, 0) is 108 Å². The molecule has 0 radical (unpaired) electrons. The highest BCUT2D eigenvalue weighted by Crippen LogP contribution is 2.32. The number of rotatable bonds is 24. The molecule has 2 saturated heterocycles. The molecule has 8 amide bonds. The molecule has 22 nitrogen and oxygen atoms in total. The molecule has 2 aliphatic carbocycles. The normalized spacial score (nSPS) is 18.6. The standard InChI is InChI=1S/C34H46N4O7.C34H44N4O7/c2*1-21(2)29(30(40)33(43)35-20-28(39)45-3)37-32(42)27-14-9-17-38(27)34(44)26(18-22-10-5-4-6-11-22)36-31(41)25-16-15-23-12-7-8-13-24(23)19-25/h7-8,12-13,15-16,19,21-22,26-27,29-30,40H,4-6,9-11,14,17-18,20H2,1-3H3,(H,35,43)(H,36,41)(H,37,42);7-8,12-13,15-16,19,21-22,26-27,29H,4-6,9-11,14,17-18,20H2,1-3H3,(H,35,43)(H,36,41)(H,37,42)/t26-,27+,29?,30?;26-,27+,29?/m11/s1. The van der Waals surface area contributed by atoms with Crippen molar-refractivity contribution in [1.29, 1.82) is 0 Å². The van der Waals surface area contributed by atoms with Crippen LogP contribution in [0.3, 0.4) is 0 Å². The molecule has 4 aliphatic rings. The summed E-state index contributed by atoms with van der Waals surface area (Å²) >= 11 is 0. The highest BCUT2D eigenvalue weighted by atomic mass is 16.5. The largest absolute Gasteiger partial charge is 0.468 e. The minimum atomic E-state index is -1.62. The van der Waals surface area contributed by atoms with Gasteiger partial charge in [-0.3, -0.25) is 52.7 Å². The highest BCUT2D eigenvalue weighted by molar-refractivity contribution is 6.38. The second-order valence-corrected chi connectivity index (χ2v) is 24.9. The van der Waals surface area contributed by atoms with Crippen LogP contribution in [-0.4, -0.2) is 163 Å². The third-order valence-corrected chi connectivity index (χ3v) is 17.9. The van der Waals surface area contributed by atoms with Crippen molar-refractivity contribution in [2.24, 2.45) is 23.7 Å². The van der Waals surface area contributed by atoms with E-state index in [2.05, 4.69) is 41.4 Å². The summed E-state index contributed by atoms with van der Waals surface area (Å²) < 4.78 is 9.01. The van der Waals surface area contributed by atoms with Crippen molar-refractivity contribution >= 4 is 86.5 Å². The number of nitrogens with one attached hydrogen (secondary N) is 6. The molecular formula is C68H90N8O14. The van der Waals surface area contributed by atoms with Crippen LogP contribution in [0.2, 0.25) is 0 Å². The van der Waals surface area contributed by atoms with E-state index in [1.54, 1.807) is 39.8 Å². The Morgan fingerprint density at radius 2 is 0.922 bits per heavy atom. The number of amides is 8. The van der Waals surface area contributed by atoms with Crippen molar-refractivity contribution in [3.63, 3.8) is 0 Å². The molecule has 2 saturated carbocycles. The predicted molar refractivity (Wildman–Crippen MR) is 337 cm³/mol. The summed E-state index contributed by atoms with van der Waals surface area (Å²) in [5.41, 5.74) is 0.916. The van der Waals surface area contributed by atoms with Gasteiger partial charge in [-0.1, -0.05) is 153 Å². The number of carbonyl (C=O) groups excluding carboxylic acids is 11. The minimum Gasteiger partial charge on any atom is -0.468 e. The number of ketones is 1. The number of carbonyl (C=O) groups is 11. The number of esters is 2. The van der Waals surface area contributed by atoms with Crippen LogP contribution in [0, 0.1) is 23.7 Å². The number of nitrogens with zero attached hydrogens (tertiary/aromatic N) is 2. The Morgan fingerprint density at radius 1 is 0.500 bits per heavy atom. The van der Waals surface area contributed by atoms with E-state index in [1.165, 1.54) is 16.9 Å². The summed E-state index contributed by atoms with van der Waals surface area (Å²) in [6.45, 7) is 6.69. The Kier molecular flexibility index (Phi) is 25.8. The summed E-state index contributed by atoms with van der Waals surface area (Å²) in [5, 5.41) is 30.6. The summed E-state index contributed by atoms with van der Waals surface area (Å²) in [7, 11) is 2.35. The van der Waals surface area contributed by atoms with E-state index in [4.69, 9.17) is 0 Å². The van der Waals surface area contributed by atoms with Crippen molar-refractivity contribution in [1.82, 2.24) is 41.7 Å². The fourth-order valence-corrected chi connectivity index (χ4v) is 12.7. The van der Waals surface area contributed by atoms with Gasteiger partial charge >= 0.3 is 11.9 Å². The first kappa shape index (κ1) is 69.2. The van der Waals surface area contributed by atoms with Crippen LogP contribution in [0.4, 0.5) is 0 Å². The molecule has 7 atom stereocenters. The molecule has 0 spiro atoms. The fourth-order valence-electron chi connectivity index (χ4n) is 12.7. The van der Waals surface area contributed by atoms with E-state index in [9.17, 15) is 57.8 Å². The Labute approximate surface area is 526 Å². The van der Waals surface area contributed by atoms with E-state index in [0.29, 0.717) is 68.7 Å². The third-order valence-electron chi connectivity index (χ3n) is 17.9. The number of aliphatic hydroxyl groups is 1. The summed E-state index contributed by atoms with van der Waals surface area (Å²) in [5.74, 6) is -6.61. The lowest BCUT2D eigenvalue weighted by molar-refractivity contribution is -0.145. The van der Waals surface area contributed by atoms with Crippen molar-refractivity contribution < 1.29 is 67.3 Å². The Hall–Kier alpha value is -8.27. The molecule has 4 fully saturated rings. The van der Waals surface area contributed by atoms with E-state index in [1.807, 2.05) is 72.8 Å². The first-order valence-electron chi connectivity index (χ1n) is 31.9. The van der Waals surface area contributed by atoms with Gasteiger partial charge in [0.15, 0.2) is 6.10 Å². The molecule has 0 bridgehead atoms. The molecule has 0 aromatic heterocycles. The van der Waals surface area contributed by atoms with Crippen molar-refractivity contribution in [3.05, 3.63) is 96.1 Å². The van der Waals surface area contributed by atoms with E-state index in [-0.39, 0.29) is 35.5 Å². The number of methoxy groups -OCH3 is 2. The van der Waals surface area contributed by atoms with Crippen molar-refractivity contribution in [2.45, 2.75) is 173 Å². The Bertz CT molecular complexity index is 3210. The molecule has 4 aromatic carbocycles. The zero-order valence-electron chi connectivity index (χ0n) is 52.7. The monoisotopic (exact) mass is 1240 g/mol. The lowest BCUT2D eigenvalue weighted by atomic mass is 9.84. The van der Waals surface area contributed by atoms with Crippen LogP contribution >= 0.6 is 0 Å². The molecule has 8 rings (SSSR count). The van der Waals surface area contributed by atoms with Gasteiger partial charge in [0.1, 0.15) is 37.3 Å². The van der Waals surface area contributed by atoms with Crippen LogP contribution in [0.1, 0.15) is 151 Å². The number of likely N-dealkylation sites (tertiary alicyclic amines) is 2. The predicted octanol–water partition coefficient (Wildman–Crippen LogP) is 5.59. The lowest BCUT2D eigenvalue weighted by Gasteiger charge is -2.33. The van der Waals surface area contributed by atoms with Gasteiger partial charge in [0.25, 0.3) is 23.6 Å². The summed E-state index contributed by atoms with van der Waals surface area (Å²) in [4.78, 5) is 146. The van der Waals surface area contributed by atoms with Crippen molar-refractivity contribution in [3.8, 4) is 0 Å². The molecule has 486 valence electrons. The quantitative estimate of drug-likeness (QED) is 0.0333. The zero-order chi connectivity index (χ0) is 65.0. The number of ether oxygens (including phenoxy) is 2. The van der Waals surface area contributed by atoms with Crippen LogP contribution in [0.15, 0.2) is 84.9 Å². The molecular weight excluding hydrogens is 1150 g/mol. The molecule has 2 aliphatic heterocycles. The SMILES string of the molecule is COC(=O)CNC(=O)C(=O)C(NC(=O)[C@@H]1CCCN1C(=O)[C@@H](CC1CCCCC1)NC(=O)c1ccc2ccccc2c1)C(C)C.COC(=O)CNC(=O)C(O)C(NC(=O)[C@@H]1CCCN1C(=O)[C@@H](CC1CCCCC1)NC(=O)c1ccc2ccccc2c1)C(C)C. The summed E-state index contributed by atoms with van der Waals surface area (Å²) in [6, 6.07) is 21.0. The molecule has 22 heteroatoms. The molecule has 4 aromatic rings. The van der Waals surface area contributed by atoms with E-state index < -0.39 is 103 Å². The van der Waals surface area contributed by atoms with Gasteiger partial charge in [-0.25, -0.2) is 0 Å². The maximum atomic E-state index is 14.1. The Balaban J connectivity index is 0.000000256. The Morgan fingerprint density at radius 3 is 1.34 bits per heavy atom. The average molecular weight is 1240 g/mol. The molecule has 7 N–H and O–H groups in total. The van der Waals surface area contributed by atoms with E-state index >= 15 is 0 Å². The minimum absolute atomic E-state index is 0.283.